The van der Waals surface area contributed by atoms with Crippen LogP contribution in [0.4, 0.5) is 0 Å². The summed E-state index contributed by atoms with van der Waals surface area (Å²) in [6.07, 6.45) is 0. The van der Waals surface area contributed by atoms with Crippen molar-refractivity contribution in [2.75, 3.05) is 7.11 Å². The van der Waals surface area contributed by atoms with Crippen molar-refractivity contribution in [3.05, 3.63) is 57.3 Å². The van der Waals surface area contributed by atoms with Gasteiger partial charge < -0.3 is 9.72 Å². The highest BCUT2D eigenvalue weighted by atomic mass is 35.5. The number of aromatic amines is 1. The summed E-state index contributed by atoms with van der Waals surface area (Å²) < 4.78 is 32.7. The number of fused-ring (bicyclic) bond motifs is 3. The fourth-order valence-corrected chi connectivity index (χ4v) is 4.62. The first-order valence-electron chi connectivity index (χ1n) is 7.79. The molecule has 0 aliphatic heterocycles. The summed E-state index contributed by atoms with van der Waals surface area (Å²) in [4.78, 5) is 15.0. The van der Waals surface area contributed by atoms with E-state index in [1.807, 2.05) is 0 Å². The summed E-state index contributed by atoms with van der Waals surface area (Å²) in [6, 6.07) is 9.23. The fourth-order valence-electron chi connectivity index (χ4n) is 2.92. The Morgan fingerprint density at radius 2 is 1.96 bits per heavy atom. The van der Waals surface area contributed by atoms with Crippen molar-refractivity contribution in [1.29, 1.82) is 0 Å². The lowest BCUT2D eigenvalue weighted by molar-refractivity contribution is 0.415. The van der Waals surface area contributed by atoms with Gasteiger partial charge in [0.15, 0.2) is 5.65 Å². The summed E-state index contributed by atoms with van der Waals surface area (Å²) in [5.74, 6) is 0.503. The fraction of sp³-hybridized carbons (Fsp3) is 0.118. The second-order valence-electron chi connectivity index (χ2n) is 5.91. The van der Waals surface area contributed by atoms with Gasteiger partial charge in [-0.3, -0.25) is 4.79 Å². The summed E-state index contributed by atoms with van der Waals surface area (Å²) in [7, 11) is -2.53. The predicted octanol–water partition coefficient (Wildman–Crippen LogP) is 2.37. The predicted molar refractivity (Wildman–Crippen MR) is 99.3 cm³/mol. The van der Waals surface area contributed by atoms with Crippen molar-refractivity contribution in [2.24, 2.45) is 0 Å². The number of aryl methyl sites for hydroxylation is 1. The van der Waals surface area contributed by atoms with Crippen molar-refractivity contribution in [3.63, 3.8) is 0 Å². The lowest BCUT2D eigenvalue weighted by Crippen LogP contribution is -2.12. The Kier molecular flexibility index (Phi) is 3.93. The first kappa shape index (κ1) is 17.5. The van der Waals surface area contributed by atoms with Crippen LogP contribution in [0, 0.1) is 6.92 Å². The standard InChI is InChI=1S/C17H13ClN4O4S/c1-9-7-10(18)3-6-14(9)27(24,25)17-15-19-16(23)12-5-4-11(26-2)8-13(12)22(15)21-20-17/h3-8H,1-2H3,(H,19,23). The second-order valence-corrected chi connectivity index (χ2v) is 8.18. The van der Waals surface area contributed by atoms with Gasteiger partial charge in [0.25, 0.3) is 5.56 Å². The largest absolute Gasteiger partial charge is 0.497 e. The van der Waals surface area contributed by atoms with Gasteiger partial charge in [0.1, 0.15) is 5.75 Å². The van der Waals surface area contributed by atoms with Crippen LogP contribution in [0.15, 0.2) is 51.1 Å². The normalized spacial score (nSPS) is 12.0. The van der Waals surface area contributed by atoms with Crippen LogP contribution in [-0.4, -0.2) is 35.3 Å². The van der Waals surface area contributed by atoms with E-state index in [0.717, 1.165) is 0 Å². The van der Waals surface area contributed by atoms with Gasteiger partial charge in [-0.25, -0.2) is 8.42 Å². The maximum Gasteiger partial charge on any atom is 0.259 e. The Balaban J connectivity index is 2.05. The Labute approximate surface area is 158 Å². The number of aromatic nitrogens is 4. The lowest BCUT2D eigenvalue weighted by Gasteiger charge is -2.07. The van der Waals surface area contributed by atoms with Gasteiger partial charge in [-0.1, -0.05) is 16.8 Å². The molecule has 27 heavy (non-hydrogen) atoms. The van der Waals surface area contributed by atoms with Crippen LogP contribution in [-0.2, 0) is 9.84 Å². The summed E-state index contributed by atoms with van der Waals surface area (Å²) in [5, 5.41) is 8.19. The highest BCUT2D eigenvalue weighted by Gasteiger charge is 2.27. The average Bonchev–Trinajstić information content (AvgIpc) is 3.05. The first-order valence-corrected chi connectivity index (χ1v) is 9.66. The van der Waals surface area contributed by atoms with E-state index in [-0.39, 0.29) is 15.6 Å². The molecule has 0 unspecified atom stereocenters. The highest BCUT2D eigenvalue weighted by molar-refractivity contribution is 7.91. The molecule has 2 aromatic carbocycles. The molecule has 138 valence electrons. The molecular weight excluding hydrogens is 392 g/mol. The van der Waals surface area contributed by atoms with E-state index in [4.69, 9.17) is 16.3 Å². The van der Waals surface area contributed by atoms with Crippen LogP contribution in [0.5, 0.6) is 5.75 Å². The number of H-pyrrole nitrogens is 1. The van der Waals surface area contributed by atoms with Crippen LogP contribution >= 0.6 is 11.6 Å². The van der Waals surface area contributed by atoms with Crippen molar-refractivity contribution in [1.82, 2.24) is 19.8 Å². The number of sulfone groups is 1. The number of hydrogen-bond acceptors (Lipinski definition) is 6. The molecule has 4 rings (SSSR count). The molecule has 2 heterocycles. The second kappa shape index (κ2) is 6.07. The Bertz CT molecular complexity index is 1380. The zero-order chi connectivity index (χ0) is 19.3. The molecule has 0 aliphatic carbocycles. The Morgan fingerprint density at radius 3 is 2.67 bits per heavy atom. The topological polar surface area (TPSA) is 106 Å². The van der Waals surface area contributed by atoms with E-state index >= 15 is 0 Å². The molecule has 0 spiro atoms. The van der Waals surface area contributed by atoms with Gasteiger partial charge in [0.05, 0.1) is 22.9 Å². The maximum absolute atomic E-state index is 13.1. The number of methoxy groups -OCH3 is 1. The van der Waals surface area contributed by atoms with E-state index in [1.165, 1.54) is 23.8 Å². The van der Waals surface area contributed by atoms with E-state index < -0.39 is 15.4 Å². The molecule has 0 amide bonds. The van der Waals surface area contributed by atoms with E-state index in [2.05, 4.69) is 15.3 Å². The molecule has 0 saturated heterocycles. The summed E-state index contributed by atoms with van der Waals surface area (Å²) in [5.41, 5.74) is 0.380. The quantitative estimate of drug-likeness (QED) is 0.561. The number of nitrogens with zero attached hydrogens (tertiary/aromatic N) is 3. The third-order valence-electron chi connectivity index (χ3n) is 4.23. The van der Waals surface area contributed by atoms with Crippen LogP contribution in [0.3, 0.4) is 0 Å². The Morgan fingerprint density at radius 1 is 1.19 bits per heavy atom. The van der Waals surface area contributed by atoms with E-state index in [1.54, 1.807) is 31.2 Å². The lowest BCUT2D eigenvalue weighted by atomic mass is 10.2. The van der Waals surface area contributed by atoms with Crippen LogP contribution in [0.1, 0.15) is 5.56 Å². The molecular formula is C17H13ClN4O4S. The molecule has 0 aliphatic rings. The smallest absolute Gasteiger partial charge is 0.259 e. The molecule has 0 atom stereocenters. The van der Waals surface area contributed by atoms with Gasteiger partial charge in [0.2, 0.25) is 14.9 Å². The first-order chi connectivity index (χ1) is 12.8. The van der Waals surface area contributed by atoms with Crippen LogP contribution in [0.25, 0.3) is 16.6 Å². The number of rotatable bonds is 3. The van der Waals surface area contributed by atoms with Crippen LogP contribution in [0.2, 0.25) is 5.02 Å². The summed E-state index contributed by atoms with van der Waals surface area (Å²) in [6.45, 7) is 1.63. The molecule has 10 heteroatoms. The number of benzene rings is 2. The average molecular weight is 405 g/mol. The Hall–Kier alpha value is -2.91. The zero-order valence-electron chi connectivity index (χ0n) is 14.2. The molecule has 8 nitrogen and oxygen atoms in total. The zero-order valence-corrected chi connectivity index (χ0v) is 15.8. The van der Waals surface area contributed by atoms with Gasteiger partial charge in [-0.05, 0) is 42.8 Å². The van der Waals surface area contributed by atoms with E-state index in [0.29, 0.717) is 27.2 Å². The molecule has 0 fully saturated rings. The van der Waals surface area contributed by atoms with Gasteiger partial charge in [0, 0.05) is 11.1 Å². The SMILES string of the molecule is COc1ccc2c(=O)[nH]c3c(S(=O)(=O)c4ccc(Cl)cc4C)nnn3c2c1. The molecule has 2 aromatic heterocycles. The number of hydrogen-bond donors (Lipinski definition) is 1. The van der Waals surface area contributed by atoms with Gasteiger partial charge >= 0.3 is 0 Å². The minimum absolute atomic E-state index is 0.0184. The van der Waals surface area contributed by atoms with Crippen molar-refractivity contribution >= 4 is 38.0 Å². The minimum Gasteiger partial charge on any atom is -0.497 e. The molecule has 0 bridgehead atoms. The third kappa shape index (κ3) is 2.66. The van der Waals surface area contributed by atoms with E-state index in [9.17, 15) is 13.2 Å². The minimum atomic E-state index is -4.03. The van der Waals surface area contributed by atoms with Crippen molar-refractivity contribution in [2.45, 2.75) is 16.8 Å². The highest BCUT2D eigenvalue weighted by Crippen LogP contribution is 2.27. The van der Waals surface area contributed by atoms with Crippen molar-refractivity contribution < 1.29 is 13.2 Å². The molecule has 0 saturated carbocycles. The monoisotopic (exact) mass is 404 g/mol. The third-order valence-corrected chi connectivity index (χ3v) is 6.29. The molecule has 1 N–H and O–H groups in total. The molecule has 0 radical (unpaired) electrons. The number of halogens is 1. The summed E-state index contributed by atoms with van der Waals surface area (Å²) >= 11 is 5.92. The maximum atomic E-state index is 13.1. The number of nitrogens with one attached hydrogen (secondary N) is 1. The van der Waals surface area contributed by atoms with Gasteiger partial charge in [-0.15, -0.1) is 5.10 Å². The molecule has 4 aromatic rings. The van der Waals surface area contributed by atoms with Gasteiger partial charge in [-0.2, -0.15) is 4.52 Å². The van der Waals surface area contributed by atoms with Crippen LogP contribution < -0.4 is 10.3 Å². The number of ether oxygens (including phenoxy) is 1. The van der Waals surface area contributed by atoms with Crippen molar-refractivity contribution in [3.8, 4) is 5.75 Å².